The summed E-state index contributed by atoms with van der Waals surface area (Å²) < 4.78 is 27.2. The molecule has 1 aliphatic rings. The highest BCUT2D eigenvalue weighted by Gasteiger charge is 2.26. The molecule has 11 heteroatoms. The number of hydrogen-bond donors (Lipinski definition) is 1. The molecule has 152 valence electrons. The number of rotatable bonds is 5. The third-order valence-electron chi connectivity index (χ3n) is 4.86. The molecule has 0 amide bonds. The molecule has 1 aromatic carbocycles. The molecule has 0 aliphatic carbocycles. The Kier molecular flexibility index (Phi) is 5.16. The van der Waals surface area contributed by atoms with Crippen LogP contribution < -0.4 is 10.6 Å². The van der Waals surface area contributed by atoms with Gasteiger partial charge in [-0.1, -0.05) is 5.21 Å². The largest absolute Gasteiger partial charge is 0.399 e. The lowest BCUT2D eigenvalue weighted by molar-refractivity contribution is 0.384. The van der Waals surface area contributed by atoms with E-state index >= 15 is 0 Å². The Morgan fingerprint density at radius 2 is 1.76 bits per heavy atom. The molecular formula is C18H22N8O2S. The molecule has 1 fully saturated rings. The second kappa shape index (κ2) is 7.76. The zero-order valence-electron chi connectivity index (χ0n) is 16.0. The van der Waals surface area contributed by atoms with E-state index in [-0.39, 0.29) is 5.75 Å². The topological polar surface area (TPSA) is 123 Å². The lowest BCUT2D eigenvalue weighted by Crippen LogP contribution is -2.49. The van der Waals surface area contributed by atoms with Gasteiger partial charge in [-0.2, -0.15) is 4.31 Å². The Hall–Kier alpha value is -3.05. The zero-order valence-corrected chi connectivity index (χ0v) is 16.8. The number of benzene rings is 1. The maximum atomic E-state index is 12.0. The quantitative estimate of drug-likeness (QED) is 0.608. The Bertz CT molecular complexity index is 1090. The van der Waals surface area contributed by atoms with Crippen LogP contribution in [0.2, 0.25) is 0 Å². The van der Waals surface area contributed by atoms with Crippen LogP contribution in [-0.2, 0) is 10.0 Å². The molecule has 4 rings (SSSR count). The van der Waals surface area contributed by atoms with E-state index in [4.69, 9.17) is 5.73 Å². The van der Waals surface area contributed by atoms with Crippen molar-refractivity contribution in [3.05, 3.63) is 42.9 Å². The molecule has 0 unspecified atom stereocenters. The summed E-state index contributed by atoms with van der Waals surface area (Å²) in [6, 6.07) is 7.32. The van der Waals surface area contributed by atoms with E-state index in [1.807, 2.05) is 17.0 Å². The van der Waals surface area contributed by atoms with Crippen LogP contribution in [0.25, 0.3) is 17.1 Å². The molecule has 0 saturated carbocycles. The number of anilines is 2. The summed E-state index contributed by atoms with van der Waals surface area (Å²) in [6.45, 7) is 3.67. The first kappa shape index (κ1) is 19.3. The maximum Gasteiger partial charge on any atom is 0.213 e. The molecule has 0 atom stereocenters. The number of piperazine rings is 1. The van der Waals surface area contributed by atoms with E-state index in [1.165, 1.54) is 4.31 Å². The summed E-state index contributed by atoms with van der Waals surface area (Å²) in [5.41, 5.74) is 8.45. The summed E-state index contributed by atoms with van der Waals surface area (Å²) >= 11 is 0. The molecule has 2 N–H and O–H groups in total. The first-order valence-electron chi connectivity index (χ1n) is 9.30. The Balaban J connectivity index is 1.51. The first-order valence-corrected chi connectivity index (χ1v) is 10.9. The van der Waals surface area contributed by atoms with Crippen LogP contribution >= 0.6 is 0 Å². The van der Waals surface area contributed by atoms with Gasteiger partial charge in [0.05, 0.1) is 30.0 Å². The zero-order chi connectivity index (χ0) is 20.4. The number of nitrogens with zero attached hydrogens (tertiary/aromatic N) is 7. The van der Waals surface area contributed by atoms with Crippen molar-refractivity contribution in [1.29, 1.82) is 0 Å². The predicted molar refractivity (Wildman–Crippen MR) is 110 cm³/mol. The molecule has 29 heavy (non-hydrogen) atoms. The third kappa shape index (κ3) is 4.05. The van der Waals surface area contributed by atoms with Gasteiger partial charge in [0.15, 0.2) is 0 Å². The molecule has 1 saturated heterocycles. The predicted octanol–water partition coefficient (Wildman–Crippen LogP) is 0.778. The Morgan fingerprint density at radius 1 is 1.03 bits per heavy atom. The summed E-state index contributed by atoms with van der Waals surface area (Å²) in [5, 5.41) is 8.35. The molecule has 10 nitrogen and oxygen atoms in total. The van der Waals surface area contributed by atoms with Gasteiger partial charge in [-0.3, -0.25) is 4.98 Å². The minimum absolute atomic E-state index is 0.117. The van der Waals surface area contributed by atoms with Crippen molar-refractivity contribution in [3.8, 4) is 17.1 Å². The van der Waals surface area contributed by atoms with Crippen LogP contribution in [-0.4, -0.2) is 69.6 Å². The normalized spacial score (nSPS) is 15.6. The van der Waals surface area contributed by atoms with Gasteiger partial charge in [-0.25, -0.2) is 18.1 Å². The van der Waals surface area contributed by atoms with E-state index in [0.29, 0.717) is 49.1 Å². The summed E-state index contributed by atoms with van der Waals surface area (Å²) in [4.78, 5) is 11.0. The van der Waals surface area contributed by atoms with Crippen LogP contribution in [0, 0.1) is 0 Å². The highest BCUT2D eigenvalue weighted by molar-refractivity contribution is 7.89. The van der Waals surface area contributed by atoms with Crippen molar-refractivity contribution in [2.45, 2.75) is 6.92 Å². The number of hydrogen-bond acceptors (Lipinski definition) is 8. The minimum Gasteiger partial charge on any atom is -0.399 e. The average Bonchev–Trinajstić information content (AvgIpc) is 3.25. The summed E-state index contributed by atoms with van der Waals surface area (Å²) in [6.07, 6.45) is 5.10. The van der Waals surface area contributed by atoms with Gasteiger partial charge in [-0.15, -0.1) is 5.10 Å². The van der Waals surface area contributed by atoms with Crippen LogP contribution in [0.4, 0.5) is 11.5 Å². The fourth-order valence-corrected chi connectivity index (χ4v) is 4.23. The summed E-state index contributed by atoms with van der Waals surface area (Å²) in [5.74, 6) is 0.810. The maximum absolute atomic E-state index is 12.0. The van der Waals surface area contributed by atoms with Gasteiger partial charge in [0.25, 0.3) is 0 Å². The van der Waals surface area contributed by atoms with Crippen molar-refractivity contribution in [2.24, 2.45) is 0 Å². The Morgan fingerprint density at radius 3 is 2.45 bits per heavy atom. The van der Waals surface area contributed by atoms with Gasteiger partial charge in [0, 0.05) is 31.9 Å². The van der Waals surface area contributed by atoms with Crippen LogP contribution in [0.1, 0.15) is 6.92 Å². The van der Waals surface area contributed by atoms with E-state index < -0.39 is 10.0 Å². The van der Waals surface area contributed by atoms with E-state index in [2.05, 4.69) is 20.3 Å². The second-order valence-corrected chi connectivity index (χ2v) is 8.95. The van der Waals surface area contributed by atoms with Gasteiger partial charge >= 0.3 is 0 Å². The van der Waals surface area contributed by atoms with Crippen molar-refractivity contribution >= 4 is 21.5 Å². The highest BCUT2D eigenvalue weighted by Crippen LogP contribution is 2.20. The van der Waals surface area contributed by atoms with Gasteiger partial charge in [0.2, 0.25) is 10.0 Å². The van der Waals surface area contributed by atoms with E-state index in [9.17, 15) is 8.42 Å². The third-order valence-corrected chi connectivity index (χ3v) is 6.74. The van der Waals surface area contributed by atoms with E-state index in [1.54, 1.807) is 42.3 Å². The lowest BCUT2D eigenvalue weighted by atomic mass is 10.3. The molecule has 0 bridgehead atoms. The van der Waals surface area contributed by atoms with Crippen LogP contribution in [0.5, 0.6) is 0 Å². The number of aromatic nitrogens is 5. The number of nitrogens with two attached hydrogens (primary N) is 1. The first-order chi connectivity index (χ1) is 14.0. The van der Waals surface area contributed by atoms with Crippen LogP contribution in [0.3, 0.4) is 0 Å². The van der Waals surface area contributed by atoms with E-state index in [0.717, 1.165) is 5.69 Å². The molecule has 0 radical (unpaired) electrons. The van der Waals surface area contributed by atoms with Gasteiger partial charge in [0.1, 0.15) is 17.2 Å². The fraction of sp³-hybridized carbons (Fsp3) is 0.333. The number of nitrogen functional groups attached to an aromatic ring is 1. The fourth-order valence-electron chi connectivity index (χ4n) is 3.14. The molecule has 2 aromatic heterocycles. The molecule has 3 aromatic rings. The van der Waals surface area contributed by atoms with Crippen molar-refractivity contribution < 1.29 is 8.42 Å². The van der Waals surface area contributed by atoms with Crippen molar-refractivity contribution in [2.75, 3.05) is 42.6 Å². The summed E-state index contributed by atoms with van der Waals surface area (Å²) in [7, 11) is -3.16. The smallest absolute Gasteiger partial charge is 0.213 e. The Labute approximate surface area is 169 Å². The monoisotopic (exact) mass is 414 g/mol. The SMILES string of the molecule is CCS(=O)(=O)N1CCN(c2cncc(-c3cn(-c4ccc(N)cc4)nn3)n2)CC1. The van der Waals surface area contributed by atoms with Gasteiger partial charge < -0.3 is 10.6 Å². The number of sulfonamides is 1. The lowest BCUT2D eigenvalue weighted by Gasteiger charge is -2.34. The van der Waals surface area contributed by atoms with Gasteiger partial charge in [-0.05, 0) is 31.2 Å². The van der Waals surface area contributed by atoms with Crippen molar-refractivity contribution in [3.63, 3.8) is 0 Å². The van der Waals surface area contributed by atoms with Crippen LogP contribution in [0.15, 0.2) is 42.9 Å². The average molecular weight is 414 g/mol. The molecule has 1 aliphatic heterocycles. The standard InChI is InChI=1S/C18H22N8O2S/c1-2-29(27,28)25-9-7-24(8-10-25)18-12-20-11-16(21-18)17-13-26(23-22-17)15-5-3-14(19)4-6-15/h3-6,11-13H,2,7-10,19H2,1H3. The molecule has 3 heterocycles. The second-order valence-electron chi connectivity index (χ2n) is 6.69. The molecule has 0 spiro atoms. The minimum atomic E-state index is -3.16. The molecular weight excluding hydrogens is 392 g/mol. The highest BCUT2D eigenvalue weighted by atomic mass is 32.2. The van der Waals surface area contributed by atoms with Crippen molar-refractivity contribution in [1.82, 2.24) is 29.3 Å².